The van der Waals surface area contributed by atoms with Gasteiger partial charge in [0.15, 0.2) is 11.6 Å². The van der Waals surface area contributed by atoms with Gasteiger partial charge in [-0.25, -0.2) is 0 Å². The molecule has 0 atom stereocenters. The molecule has 0 bridgehead atoms. The summed E-state index contributed by atoms with van der Waals surface area (Å²) in [7, 11) is 0. The van der Waals surface area contributed by atoms with Crippen LogP contribution in [0.3, 0.4) is 0 Å². The van der Waals surface area contributed by atoms with Crippen LogP contribution in [-0.2, 0) is 0 Å². The third-order valence-corrected chi connectivity index (χ3v) is 4.24. The van der Waals surface area contributed by atoms with E-state index in [0.717, 1.165) is 9.79 Å². The quantitative estimate of drug-likeness (QED) is 0.656. The van der Waals surface area contributed by atoms with Crippen molar-refractivity contribution in [1.29, 1.82) is 0 Å². The molecule has 0 unspecified atom stereocenters. The predicted octanol–water partition coefficient (Wildman–Crippen LogP) is 4.35. The van der Waals surface area contributed by atoms with Crippen molar-refractivity contribution in [2.24, 2.45) is 0 Å². The van der Waals surface area contributed by atoms with Crippen LogP contribution in [0.4, 0.5) is 0 Å². The van der Waals surface area contributed by atoms with Gasteiger partial charge in [0.05, 0.1) is 9.79 Å². The average molecular weight is 284 g/mol. The summed E-state index contributed by atoms with van der Waals surface area (Å²) in [5, 5.41) is 0. The third kappa shape index (κ3) is 2.23. The zero-order valence-corrected chi connectivity index (χ0v) is 11.9. The second-order valence-electron chi connectivity index (χ2n) is 4.64. The number of benzene rings is 2. The number of carbonyl (C=O) groups is 2. The highest BCUT2D eigenvalue weighted by Gasteiger charge is 2.19. The fourth-order valence-electron chi connectivity index (χ4n) is 2.02. The number of ether oxygens (including phenoxy) is 1. The normalized spacial score (nSPS) is 12.1. The smallest absolute Gasteiger partial charge is 0.159 e. The van der Waals surface area contributed by atoms with Gasteiger partial charge < -0.3 is 4.74 Å². The second kappa shape index (κ2) is 4.80. The molecule has 0 aromatic heterocycles. The van der Waals surface area contributed by atoms with Crippen LogP contribution in [0.15, 0.2) is 46.2 Å². The number of carbonyl (C=O) groups excluding carboxylic acids is 2. The summed E-state index contributed by atoms with van der Waals surface area (Å²) in [5.41, 5.74) is 1.30. The molecule has 3 rings (SSSR count). The molecule has 0 saturated carbocycles. The molecule has 1 heterocycles. The van der Waals surface area contributed by atoms with Gasteiger partial charge in [0.1, 0.15) is 11.5 Å². The first kappa shape index (κ1) is 12.9. The monoisotopic (exact) mass is 284 g/mol. The molecule has 0 N–H and O–H groups in total. The number of fused-ring (bicyclic) bond motifs is 2. The minimum atomic E-state index is 0.0131. The molecule has 0 aliphatic carbocycles. The summed E-state index contributed by atoms with van der Waals surface area (Å²) >= 11 is 1.55. The van der Waals surface area contributed by atoms with Crippen molar-refractivity contribution in [3.63, 3.8) is 0 Å². The molecule has 20 heavy (non-hydrogen) atoms. The summed E-state index contributed by atoms with van der Waals surface area (Å²) in [6.45, 7) is 3.08. The predicted molar refractivity (Wildman–Crippen MR) is 77.1 cm³/mol. The first-order valence-electron chi connectivity index (χ1n) is 6.20. The van der Waals surface area contributed by atoms with Crippen molar-refractivity contribution < 1.29 is 14.3 Å². The lowest BCUT2D eigenvalue weighted by Crippen LogP contribution is -2.00. The number of hydrogen-bond donors (Lipinski definition) is 0. The molecule has 0 amide bonds. The molecule has 0 spiro atoms. The topological polar surface area (TPSA) is 43.4 Å². The zero-order chi connectivity index (χ0) is 14.3. The lowest BCUT2D eigenvalue weighted by Gasteiger charge is -2.20. The Hall–Kier alpha value is -2.07. The molecular weight excluding hydrogens is 272 g/mol. The molecule has 1 aliphatic rings. The number of Topliss-reactive ketones (excluding diaryl/α,β-unsaturated/α-hetero) is 2. The summed E-state index contributed by atoms with van der Waals surface area (Å²) in [5.74, 6) is 1.45. The first-order chi connectivity index (χ1) is 9.54. The van der Waals surface area contributed by atoms with Crippen LogP contribution in [-0.4, -0.2) is 11.6 Å². The molecule has 2 aromatic carbocycles. The number of hydrogen-bond acceptors (Lipinski definition) is 4. The van der Waals surface area contributed by atoms with Crippen LogP contribution in [0.5, 0.6) is 11.5 Å². The highest BCUT2D eigenvalue weighted by Crippen LogP contribution is 2.47. The van der Waals surface area contributed by atoms with Gasteiger partial charge in [-0.2, -0.15) is 0 Å². The average Bonchev–Trinajstić information content (AvgIpc) is 2.43. The van der Waals surface area contributed by atoms with Gasteiger partial charge in [0, 0.05) is 11.1 Å². The van der Waals surface area contributed by atoms with Crippen LogP contribution in [0.2, 0.25) is 0 Å². The molecule has 0 fully saturated rings. The van der Waals surface area contributed by atoms with Crippen LogP contribution in [0.25, 0.3) is 0 Å². The van der Waals surface area contributed by atoms with Crippen LogP contribution in [0, 0.1) is 0 Å². The SMILES string of the molecule is CC(=O)c1ccc2c(c1)Oc1ccc(C(C)=O)cc1S2. The van der Waals surface area contributed by atoms with E-state index in [1.165, 1.54) is 6.92 Å². The van der Waals surface area contributed by atoms with Crippen molar-refractivity contribution in [2.45, 2.75) is 23.6 Å². The molecular formula is C16H12O3S. The van der Waals surface area contributed by atoms with Crippen molar-refractivity contribution in [3.05, 3.63) is 47.5 Å². The fourth-order valence-corrected chi connectivity index (χ4v) is 2.99. The van der Waals surface area contributed by atoms with E-state index < -0.39 is 0 Å². The number of ketones is 2. The fraction of sp³-hybridized carbons (Fsp3) is 0.125. The highest BCUT2D eigenvalue weighted by molar-refractivity contribution is 7.99. The van der Waals surface area contributed by atoms with Crippen molar-refractivity contribution in [1.82, 2.24) is 0 Å². The van der Waals surface area contributed by atoms with E-state index in [4.69, 9.17) is 4.74 Å². The Labute approximate surface area is 121 Å². The minimum absolute atomic E-state index is 0.0131. The number of rotatable bonds is 2. The zero-order valence-electron chi connectivity index (χ0n) is 11.1. The van der Waals surface area contributed by atoms with Gasteiger partial charge in [0.25, 0.3) is 0 Å². The largest absolute Gasteiger partial charge is 0.455 e. The molecule has 4 heteroatoms. The molecule has 0 radical (unpaired) electrons. The Morgan fingerprint density at radius 2 is 1.50 bits per heavy atom. The maximum atomic E-state index is 11.4. The van der Waals surface area contributed by atoms with E-state index in [-0.39, 0.29) is 11.6 Å². The molecule has 0 saturated heterocycles. The van der Waals surface area contributed by atoms with Crippen molar-refractivity contribution in [3.8, 4) is 11.5 Å². The highest BCUT2D eigenvalue weighted by atomic mass is 32.2. The Morgan fingerprint density at radius 1 is 0.850 bits per heavy atom. The second-order valence-corrected chi connectivity index (χ2v) is 5.72. The van der Waals surface area contributed by atoms with E-state index >= 15 is 0 Å². The molecule has 3 nitrogen and oxygen atoms in total. The standard InChI is InChI=1S/C16H12O3S/c1-9(17)11-4-6-15-14(7-11)19-13-5-3-12(10(2)18)8-16(13)20-15/h3-8H,1-2H3. The Morgan fingerprint density at radius 3 is 2.20 bits per heavy atom. The van der Waals surface area contributed by atoms with Gasteiger partial charge in [-0.05, 0) is 44.2 Å². The van der Waals surface area contributed by atoms with Crippen LogP contribution >= 0.6 is 11.8 Å². The maximum absolute atomic E-state index is 11.4. The van der Waals surface area contributed by atoms with Crippen LogP contribution in [0.1, 0.15) is 34.6 Å². The van der Waals surface area contributed by atoms with Gasteiger partial charge in [0.2, 0.25) is 0 Å². The Balaban J connectivity index is 2.02. The van der Waals surface area contributed by atoms with E-state index in [9.17, 15) is 9.59 Å². The summed E-state index contributed by atoms with van der Waals surface area (Å²) in [6.07, 6.45) is 0. The lowest BCUT2D eigenvalue weighted by atomic mass is 10.1. The van der Waals surface area contributed by atoms with Gasteiger partial charge >= 0.3 is 0 Å². The summed E-state index contributed by atoms with van der Waals surface area (Å²) in [6, 6.07) is 10.8. The minimum Gasteiger partial charge on any atom is -0.455 e. The Bertz CT molecular complexity index is 671. The van der Waals surface area contributed by atoms with Gasteiger partial charge in [-0.1, -0.05) is 17.8 Å². The maximum Gasteiger partial charge on any atom is 0.159 e. The summed E-state index contributed by atoms with van der Waals surface area (Å²) in [4.78, 5) is 24.7. The van der Waals surface area contributed by atoms with Crippen molar-refractivity contribution in [2.75, 3.05) is 0 Å². The third-order valence-electron chi connectivity index (χ3n) is 3.14. The molecule has 2 aromatic rings. The van der Waals surface area contributed by atoms with E-state index in [2.05, 4.69) is 0 Å². The Kier molecular flexibility index (Phi) is 3.10. The van der Waals surface area contributed by atoms with Crippen molar-refractivity contribution >= 4 is 23.3 Å². The molecule has 100 valence electrons. The van der Waals surface area contributed by atoms with Gasteiger partial charge in [-0.15, -0.1) is 0 Å². The first-order valence-corrected chi connectivity index (χ1v) is 7.02. The van der Waals surface area contributed by atoms with E-state index in [1.807, 2.05) is 12.1 Å². The molecule has 1 aliphatic heterocycles. The van der Waals surface area contributed by atoms with E-state index in [0.29, 0.717) is 22.6 Å². The summed E-state index contributed by atoms with van der Waals surface area (Å²) < 4.78 is 5.82. The van der Waals surface area contributed by atoms with Gasteiger partial charge in [-0.3, -0.25) is 9.59 Å². The van der Waals surface area contributed by atoms with Crippen LogP contribution < -0.4 is 4.74 Å². The van der Waals surface area contributed by atoms with E-state index in [1.54, 1.807) is 43.0 Å². The lowest BCUT2D eigenvalue weighted by molar-refractivity contribution is 0.100.